The zero-order valence-electron chi connectivity index (χ0n) is 11.5. The van der Waals surface area contributed by atoms with Crippen LogP contribution in [-0.4, -0.2) is 29.7 Å². The monoisotopic (exact) mass is 265 g/mol. The van der Waals surface area contributed by atoms with E-state index in [1.54, 1.807) is 20.0 Å². The first kappa shape index (κ1) is 13.9. The van der Waals surface area contributed by atoms with Crippen LogP contribution in [0.2, 0.25) is 0 Å². The van der Waals surface area contributed by atoms with Crippen molar-refractivity contribution in [1.29, 1.82) is 0 Å². The van der Waals surface area contributed by atoms with E-state index in [0.29, 0.717) is 17.7 Å². The van der Waals surface area contributed by atoms with Crippen LogP contribution in [0.4, 0.5) is 5.69 Å². The Bertz CT molecular complexity index is 498. The molecule has 0 aromatic carbocycles. The van der Waals surface area contributed by atoms with Crippen molar-refractivity contribution in [1.82, 2.24) is 10.3 Å². The summed E-state index contributed by atoms with van der Waals surface area (Å²) in [4.78, 5) is 15.0. The van der Waals surface area contributed by atoms with Crippen LogP contribution in [0.5, 0.6) is 0 Å². The van der Waals surface area contributed by atoms with E-state index in [4.69, 9.17) is 4.74 Å². The van der Waals surface area contributed by atoms with Crippen LogP contribution in [0.1, 0.15) is 23.7 Å². The number of hydrogen-bond acceptors (Lipinski definition) is 5. The molecule has 0 radical (unpaired) electrons. The molecule has 2 rings (SSSR count). The highest BCUT2D eigenvalue weighted by Gasteiger charge is 2.32. The van der Waals surface area contributed by atoms with E-state index in [2.05, 4.69) is 17.2 Å². The molecule has 0 saturated carbocycles. The third-order valence-corrected chi connectivity index (χ3v) is 3.50. The molecule has 0 atom stereocenters. The molecule has 0 bridgehead atoms. The highest BCUT2D eigenvalue weighted by atomic mass is 16.6. The van der Waals surface area contributed by atoms with E-state index < -0.39 is 0 Å². The first-order chi connectivity index (χ1) is 8.93. The SMILES string of the molecule is Cc1cnc(CNCC2(C)COC2)c(C)c1[N+](=O)[O-]. The number of pyridine rings is 1. The summed E-state index contributed by atoms with van der Waals surface area (Å²) in [5, 5.41) is 14.3. The maximum Gasteiger partial charge on any atom is 0.278 e. The Morgan fingerprint density at radius 1 is 1.53 bits per heavy atom. The summed E-state index contributed by atoms with van der Waals surface area (Å²) in [7, 11) is 0. The predicted octanol–water partition coefficient (Wildman–Crippen LogP) is 1.73. The summed E-state index contributed by atoms with van der Waals surface area (Å²) in [5.74, 6) is 0. The number of nitrogens with zero attached hydrogens (tertiary/aromatic N) is 2. The Morgan fingerprint density at radius 2 is 2.21 bits per heavy atom. The van der Waals surface area contributed by atoms with Crippen molar-refractivity contribution in [2.45, 2.75) is 27.3 Å². The van der Waals surface area contributed by atoms with Crippen molar-refractivity contribution >= 4 is 5.69 Å². The molecule has 0 unspecified atom stereocenters. The Morgan fingerprint density at radius 3 is 2.74 bits per heavy atom. The van der Waals surface area contributed by atoms with Gasteiger partial charge in [-0.25, -0.2) is 0 Å². The Hall–Kier alpha value is -1.53. The molecular formula is C13H19N3O3. The predicted molar refractivity (Wildman–Crippen MR) is 71.0 cm³/mol. The number of hydrogen-bond donors (Lipinski definition) is 1. The van der Waals surface area contributed by atoms with Crippen molar-refractivity contribution < 1.29 is 9.66 Å². The normalized spacial score (nSPS) is 17.0. The summed E-state index contributed by atoms with van der Waals surface area (Å²) >= 11 is 0. The largest absolute Gasteiger partial charge is 0.380 e. The Labute approximate surface area is 112 Å². The number of rotatable bonds is 5. The molecule has 1 saturated heterocycles. The molecule has 1 aliphatic heterocycles. The summed E-state index contributed by atoms with van der Waals surface area (Å²) in [6.07, 6.45) is 1.57. The zero-order chi connectivity index (χ0) is 14.0. The van der Waals surface area contributed by atoms with Gasteiger partial charge in [0.05, 0.1) is 23.8 Å². The maximum absolute atomic E-state index is 11.0. The molecule has 1 aromatic heterocycles. The lowest BCUT2D eigenvalue weighted by Gasteiger charge is -2.38. The standard InChI is InChI=1S/C13H19N3O3/c1-9-4-15-11(10(2)12(9)16(17)18)5-14-6-13(3)7-19-8-13/h4,14H,5-8H2,1-3H3. The fourth-order valence-corrected chi connectivity index (χ4v) is 2.26. The van der Waals surface area contributed by atoms with Gasteiger partial charge in [0, 0.05) is 35.8 Å². The van der Waals surface area contributed by atoms with Crippen molar-refractivity contribution in [3.05, 3.63) is 33.1 Å². The number of ether oxygens (including phenoxy) is 1. The highest BCUT2D eigenvalue weighted by molar-refractivity contribution is 5.47. The minimum absolute atomic E-state index is 0.171. The van der Waals surface area contributed by atoms with E-state index >= 15 is 0 Å². The van der Waals surface area contributed by atoms with Crippen LogP contribution in [0, 0.1) is 29.4 Å². The van der Waals surface area contributed by atoms with Crippen molar-refractivity contribution in [2.24, 2.45) is 5.41 Å². The van der Waals surface area contributed by atoms with E-state index in [1.807, 2.05) is 0 Å². The smallest absolute Gasteiger partial charge is 0.278 e. The third-order valence-electron chi connectivity index (χ3n) is 3.50. The lowest BCUT2D eigenvalue weighted by Crippen LogP contribution is -2.47. The van der Waals surface area contributed by atoms with Crippen LogP contribution in [0.3, 0.4) is 0 Å². The Kier molecular flexibility index (Phi) is 3.82. The van der Waals surface area contributed by atoms with Gasteiger partial charge in [0.15, 0.2) is 0 Å². The van der Waals surface area contributed by atoms with Crippen LogP contribution in [0.25, 0.3) is 0 Å². The zero-order valence-corrected chi connectivity index (χ0v) is 11.5. The quantitative estimate of drug-likeness (QED) is 0.648. The van der Waals surface area contributed by atoms with Gasteiger partial charge >= 0.3 is 0 Å². The van der Waals surface area contributed by atoms with E-state index in [-0.39, 0.29) is 16.0 Å². The van der Waals surface area contributed by atoms with Gasteiger partial charge < -0.3 is 10.1 Å². The van der Waals surface area contributed by atoms with Crippen LogP contribution >= 0.6 is 0 Å². The van der Waals surface area contributed by atoms with E-state index in [9.17, 15) is 10.1 Å². The topological polar surface area (TPSA) is 77.3 Å². The number of nitro groups is 1. The molecule has 1 aliphatic rings. The minimum atomic E-state index is -0.336. The molecule has 2 heterocycles. The molecule has 0 spiro atoms. The maximum atomic E-state index is 11.0. The van der Waals surface area contributed by atoms with E-state index in [0.717, 1.165) is 25.5 Å². The van der Waals surface area contributed by atoms with Crippen LogP contribution < -0.4 is 5.32 Å². The van der Waals surface area contributed by atoms with Gasteiger partial charge in [-0.3, -0.25) is 15.1 Å². The lowest BCUT2D eigenvalue weighted by molar-refractivity contribution is -0.386. The first-order valence-electron chi connectivity index (χ1n) is 6.31. The summed E-state index contributed by atoms with van der Waals surface area (Å²) in [6, 6.07) is 0. The summed E-state index contributed by atoms with van der Waals surface area (Å²) in [5.41, 5.74) is 2.34. The van der Waals surface area contributed by atoms with Crippen LogP contribution in [-0.2, 0) is 11.3 Å². The number of aryl methyl sites for hydroxylation is 1. The average molecular weight is 265 g/mol. The fourth-order valence-electron chi connectivity index (χ4n) is 2.26. The molecule has 0 amide bonds. The van der Waals surface area contributed by atoms with Gasteiger partial charge in [0.25, 0.3) is 5.69 Å². The molecule has 1 fully saturated rings. The minimum Gasteiger partial charge on any atom is -0.380 e. The second kappa shape index (κ2) is 5.22. The highest BCUT2D eigenvalue weighted by Crippen LogP contribution is 2.26. The van der Waals surface area contributed by atoms with Gasteiger partial charge in [0.1, 0.15) is 0 Å². The fraction of sp³-hybridized carbons (Fsp3) is 0.615. The van der Waals surface area contributed by atoms with Crippen molar-refractivity contribution in [3.63, 3.8) is 0 Å². The molecule has 1 N–H and O–H groups in total. The molecule has 1 aromatic rings. The lowest BCUT2D eigenvalue weighted by atomic mass is 9.89. The molecule has 6 nitrogen and oxygen atoms in total. The molecule has 104 valence electrons. The van der Waals surface area contributed by atoms with Crippen molar-refractivity contribution in [3.8, 4) is 0 Å². The summed E-state index contributed by atoms with van der Waals surface area (Å²) in [6.45, 7) is 8.52. The molecular weight excluding hydrogens is 246 g/mol. The molecule has 0 aliphatic carbocycles. The number of nitrogens with one attached hydrogen (secondary N) is 1. The van der Waals surface area contributed by atoms with Gasteiger partial charge in [-0.1, -0.05) is 6.92 Å². The number of aromatic nitrogens is 1. The second-order valence-electron chi connectivity index (χ2n) is 5.53. The average Bonchev–Trinajstić information content (AvgIpc) is 2.29. The molecule has 19 heavy (non-hydrogen) atoms. The molecule has 6 heteroatoms. The Balaban J connectivity index is 2.04. The van der Waals surface area contributed by atoms with Gasteiger partial charge in [-0.05, 0) is 13.8 Å². The van der Waals surface area contributed by atoms with Gasteiger partial charge in [-0.2, -0.15) is 0 Å². The second-order valence-corrected chi connectivity index (χ2v) is 5.53. The van der Waals surface area contributed by atoms with Gasteiger partial charge in [-0.15, -0.1) is 0 Å². The van der Waals surface area contributed by atoms with Gasteiger partial charge in [0.2, 0.25) is 0 Å². The first-order valence-corrected chi connectivity index (χ1v) is 6.31. The van der Waals surface area contributed by atoms with E-state index in [1.165, 1.54) is 0 Å². The summed E-state index contributed by atoms with van der Waals surface area (Å²) < 4.78 is 5.19. The third kappa shape index (κ3) is 2.90. The van der Waals surface area contributed by atoms with Crippen LogP contribution in [0.15, 0.2) is 6.20 Å². The van der Waals surface area contributed by atoms with Crippen molar-refractivity contribution in [2.75, 3.05) is 19.8 Å².